The smallest absolute Gasteiger partial charge is 0.412 e. The zero-order chi connectivity index (χ0) is 16.4. The summed E-state index contributed by atoms with van der Waals surface area (Å²) in [6.45, 7) is 4.80. The highest BCUT2D eigenvalue weighted by atomic mass is 19.4. The monoisotopic (exact) mass is 309 g/mol. The third-order valence-corrected chi connectivity index (χ3v) is 2.93. The maximum atomic E-state index is 12.7. The van der Waals surface area contributed by atoms with Crippen molar-refractivity contribution in [2.24, 2.45) is 5.92 Å². The Bertz CT molecular complexity index is 451. The van der Waals surface area contributed by atoms with Gasteiger partial charge >= 0.3 is 18.2 Å². The van der Waals surface area contributed by atoms with Crippen molar-refractivity contribution in [2.75, 3.05) is 0 Å². The number of amides is 1. The minimum absolute atomic E-state index is 0.287. The van der Waals surface area contributed by atoms with E-state index in [4.69, 9.17) is 9.84 Å². The lowest BCUT2D eigenvalue weighted by Gasteiger charge is -2.31. The van der Waals surface area contributed by atoms with Crippen molar-refractivity contribution in [3.05, 3.63) is 11.6 Å². The van der Waals surface area contributed by atoms with E-state index in [1.165, 1.54) is 0 Å². The number of hydrogen-bond donors (Lipinski definition) is 2. The predicted octanol–water partition coefficient (Wildman–Crippen LogP) is 2.86. The normalized spacial score (nSPS) is 23.2. The van der Waals surface area contributed by atoms with Gasteiger partial charge < -0.3 is 15.2 Å². The summed E-state index contributed by atoms with van der Waals surface area (Å²) in [6.07, 6.45) is -5.46. The number of halogens is 3. The second-order valence-corrected chi connectivity index (χ2v) is 5.86. The number of carbonyl (C=O) groups is 2. The predicted molar refractivity (Wildman–Crippen MR) is 67.7 cm³/mol. The lowest BCUT2D eigenvalue weighted by Crippen LogP contribution is -2.47. The number of carboxylic acid groups (broad SMARTS) is 1. The van der Waals surface area contributed by atoms with Gasteiger partial charge in [-0.2, -0.15) is 13.2 Å². The first-order valence-corrected chi connectivity index (χ1v) is 6.38. The molecule has 1 aliphatic carbocycles. The third-order valence-electron chi connectivity index (χ3n) is 2.93. The molecule has 0 saturated heterocycles. The number of allylic oxidation sites excluding steroid dienone is 1. The molecule has 0 spiro atoms. The van der Waals surface area contributed by atoms with Crippen LogP contribution >= 0.6 is 0 Å². The van der Waals surface area contributed by atoms with Crippen LogP contribution in [0.4, 0.5) is 18.0 Å². The average Bonchev–Trinajstić information content (AvgIpc) is 2.24. The Labute approximate surface area is 120 Å². The van der Waals surface area contributed by atoms with E-state index in [9.17, 15) is 22.8 Å². The zero-order valence-corrected chi connectivity index (χ0v) is 12.0. The van der Waals surface area contributed by atoms with Crippen LogP contribution in [0.1, 0.15) is 33.6 Å². The summed E-state index contributed by atoms with van der Waals surface area (Å²) >= 11 is 0. The molecule has 120 valence electrons. The second kappa shape index (κ2) is 5.95. The van der Waals surface area contributed by atoms with E-state index in [2.05, 4.69) is 5.32 Å². The molecular formula is C13H18F3NO4. The van der Waals surface area contributed by atoms with Crippen LogP contribution in [0, 0.1) is 5.92 Å². The largest absolute Gasteiger partial charge is 0.481 e. The van der Waals surface area contributed by atoms with Crippen molar-refractivity contribution in [2.45, 2.75) is 51.4 Å². The van der Waals surface area contributed by atoms with Crippen LogP contribution in [0.15, 0.2) is 11.6 Å². The van der Waals surface area contributed by atoms with Gasteiger partial charge in [0.15, 0.2) is 0 Å². The molecule has 0 bridgehead atoms. The molecule has 0 aromatic carbocycles. The molecule has 0 saturated carbocycles. The molecule has 1 rings (SSSR count). The molecule has 0 aromatic rings. The topological polar surface area (TPSA) is 75.6 Å². The molecule has 0 aliphatic heterocycles. The van der Waals surface area contributed by atoms with Crippen molar-refractivity contribution in [3.8, 4) is 0 Å². The van der Waals surface area contributed by atoms with Crippen LogP contribution < -0.4 is 5.32 Å². The molecule has 0 fully saturated rings. The minimum Gasteiger partial charge on any atom is -0.481 e. The van der Waals surface area contributed by atoms with Crippen molar-refractivity contribution in [3.63, 3.8) is 0 Å². The molecule has 1 aliphatic rings. The fraction of sp³-hybridized carbons (Fsp3) is 0.692. The molecule has 2 unspecified atom stereocenters. The third kappa shape index (κ3) is 5.28. The summed E-state index contributed by atoms with van der Waals surface area (Å²) in [5, 5.41) is 11.3. The number of carbonyl (C=O) groups excluding carboxylic acids is 1. The van der Waals surface area contributed by atoms with Crippen LogP contribution in [0.25, 0.3) is 0 Å². The minimum atomic E-state index is -4.53. The maximum Gasteiger partial charge on any atom is 0.412 e. The fourth-order valence-electron chi connectivity index (χ4n) is 2.01. The Morgan fingerprint density at radius 3 is 2.33 bits per heavy atom. The standard InChI is InChI=1S/C13H18F3NO4/c1-12(2,3)21-11(20)17-9-6-7(13(14,15)16)4-5-8(9)10(18)19/h4,8-9H,5-6H2,1-3H3,(H,17,20)(H,18,19). The van der Waals surface area contributed by atoms with E-state index in [-0.39, 0.29) is 6.42 Å². The summed E-state index contributed by atoms with van der Waals surface area (Å²) in [6, 6.07) is -1.15. The average molecular weight is 309 g/mol. The van der Waals surface area contributed by atoms with E-state index < -0.39 is 47.8 Å². The van der Waals surface area contributed by atoms with Crippen LogP contribution in [0.5, 0.6) is 0 Å². The molecule has 0 aromatic heterocycles. The number of ether oxygens (including phenoxy) is 1. The van der Waals surface area contributed by atoms with E-state index in [1.54, 1.807) is 20.8 Å². The van der Waals surface area contributed by atoms with Gasteiger partial charge in [0.25, 0.3) is 0 Å². The first-order valence-electron chi connectivity index (χ1n) is 6.38. The molecular weight excluding hydrogens is 291 g/mol. The van der Waals surface area contributed by atoms with Gasteiger partial charge in [0.1, 0.15) is 5.60 Å². The van der Waals surface area contributed by atoms with E-state index in [1.807, 2.05) is 0 Å². The highest BCUT2D eigenvalue weighted by molar-refractivity contribution is 5.74. The summed E-state index contributed by atoms with van der Waals surface area (Å²) in [5.41, 5.74) is -1.65. The van der Waals surface area contributed by atoms with E-state index in [0.29, 0.717) is 0 Å². The van der Waals surface area contributed by atoms with Crippen molar-refractivity contribution >= 4 is 12.1 Å². The lowest BCUT2D eigenvalue weighted by atomic mass is 9.84. The Kier molecular flexibility index (Phi) is 4.91. The number of alkyl halides is 3. The number of hydrogen-bond acceptors (Lipinski definition) is 3. The van der Waals surface area contributed by atoms with Gasteiger partial charge in [-0.3, -0.25) is 4.79 Å². The molecule has 2 atom stereocenters. The number of nitrogens with one attached hydrogen (secondary N) is 1. The summed E-state index contributed by atoms with van der Waals surface area (Å²) < 4.78 is 43.0. The summed E-state index contributed by atoms with van der Waals surface area (Å²) in [4.78, 5) is 22.7. The molecule has 8 heteroatoms. The molecule has 2 N–H and O–H groups in total. The molecule has 0 heterocycles. The van der Waals surface area contributed by atoms with Crippen LogP contribution in [0.2, 0.25) is 0 Å². The van der Waals surface area contributed by atoms with Crippen molar-refractivity contribution in [1.82, 2.24) is 5.32 Å². The van der Waals surface area contributed by atoms with E-state index in [0.717, 1.165) is 6.08 Å². The van der Waals surface area contributed by atoms with Crippen LogP contribution in [0.3, 0.4) is 0 Å². The fourth-order valence-corrected chi connectivity index (χ4v) is 2.01. The highest BCUT2D eigenvalue weighted by Gasteiger charge is 2.42. The van der Waals surface area contributed by atoms with Gasteiger partial charge in [-0.05, 0) is 33.6 Å². The maximum absolute atomic E-state index is 12.7. The van der Waals surface area contributed by atoms with Gasteiger partial charge in [-0.15, -0.1) is 0 Å². The van der Waals surface area contributed by atoms with Gasteiger partial charge in [0.2, 0.25) is 0 Å². The Morgan fingerprint density at radius 2 is 1.90 bits per heavy atom. The van der Waals surface area contributed by atoms with Gasteiger partial charge in [-0.1, -0.05) is 6.08 Å². The Morgan fingerprint density at radius 1 is 1.33 bits per heavy atom. The molecule has 1 amide bonds. The second-order valence-electron chi connectivity index (χ2n) is 5.86. The zero-order valence-electron chi connectivity index (χ0n) is 12.0. The van der Waals surface area contributed by atoms with Crippen LogP contribution in [-0.2, 0) is 9.53 Å². The lowest BCUT2D eigenvalue weighted by molar-refractivity contribution is -0.143. The summed E-state index contributed by atoms with van der Waals surface area (Å²) in [5.74, 6) is -2.36. The van der Waals surface area contributed by atoms with Gasteiger partial charge in [0.05, 0.1) is 5.92 Å². The first-order chi connectivity index (χ1) is 9.40. The first kappa shape index (κ1) is 17.3. The van der Waals surface area contributed by atoms with Crippen LogP contribution in [-0.4, -0.2) is 35.0 Å². The SMILES string of the molecule is CC(C)(C)OC(=O)NC1CC(C(F)(F)F)=CCC1C(=O)O. The number of rotatable bonds is 2. The van der Waals surface area contributed by atoms with Crippen molar-refractivity contribution < 1.29 is 32.6 Å². The molecule has 5 nitrogen and oxygen atoms in total. The quantitative estimate of drug-likeness (QED) is 0.769. The number of alkyl carbamates (subject to hydrolysis) is 1. The van der Waals surface area contributed by atoms with E-state index >= 15 is 0 Å². The van der Waals surface area contributed by atoms with Gasteiger partial charge in [0, 0.05) is 11.6 Å². The Balaban J connectivity index is 2.83. The van der Waals surface area contributed by atoms with Gasteiger partial charge in [-0.25, -0.2) is 4.79 Å². The Hall–Kier alpha value is -1.73. The highest BCUT2D eigenvalue weighted by Crippen LogP contribution is 2.35. The van der Waals surface area contributed by atoms with Crippen molar-refractivity contribution in [1.29, 1.82) is 0 Å². The number of aliphatic carboxylic acids is 1. The number of carboxylic acids is 1. The molecule has 21 heavy (non-hydrogen) atoms. The molecule has 0 radical (unpaired) electrons. The summed E-state index contributed by atoms with van der Waals surface area (Å²) in [7, 11) is 0.